The van der Waals surface area contributed by atoms with Crippen LogP contribution >= 0.6 is 0 Å². The second-order valence-electron chi connectivity index (χ2n) is 2.62. The molecule has 0 atom stereocenters. The van der Waals surface area contributed by atoms with E-state index in [0.29, 0.717) is 0 Å². The fourth-order valence-corrected chi connectivity index (χ4v) is 1.39. The van der Waals surface area contributed by atoms with Crippen molar-refractivity contribution in [2.75, 3.05) is 7.05 Å². The smallest absolute Gasteiger partial charge is 0.813 e. The molecule has 1 aliphatic rings. The van der Waals surface area contributed by atoms with Crippen LogP contribution in [-0.4, -0.2) is 13.1 Å². The molecule has 74 valence electrons. The zero-order valence-corrected chi connectivity index (χ0v) is 13.0. The van der Waals surface area contributed by atoms with Crippen LogP contribution in [0, 0.1) is 7.43 Å². The molecule has 0 aliphatic heterocycles. The summed E-state index contributed by atoms with van der Waals surface area (Å²) >= 11 is 0. The summed E-state index contributed by atoms with van der Waals surface area (Å²) in [6, 6.07) is 0.837. The number of hydrogen-bond donors (Lipinski definition) is 1. The van der Waals surface area contributed by atoms with Crippen molar-refractivity contribution in [1.29, 1.82) is 0 Å². The molecule has 1 rings (SSSR count). The van der Waals surface area contributed by atoms with Crippen LogP contribution < -0.4 is 5.32 Å². The fourth-order valence-electron chi connectivity index (χ4n) is 1.39. The van der Waals surface area contributed by atoms with Gasteiger partial charge in [0.25, 0.3) is 0 Å². The van der Waals surface area contributed by atoms with E-state index < -0.39 is 0 Å². The van der Waals surface area contributed by atoms with E-state index >= 15 is 0 Å². The van der Waals surface area contributed by atoms with E-state index in [1.54, 1.807) is 0 Å². The molecule has 1 nitrogen and oxygen atoms in total. The maximum Gasteiger partial charge on any atom is 2.00 e. The molecule has 0 aromatic carbocycles. The summed E-state index contributed by atoms with van der Waals surface area (Å²) < 4.78 is 0. The van der Waals surface area contributed by atoms with Crippen molar-refractivity contribution in [3.63, 3.8) is 0 Å². The molecule has 1 N–H and O–H groups in total. The van der Waals surface area contributed by atoms with Crippen molar-refractivity contribution < 1.29 is 38.4 Å². The Morgan fingerprint density at radius 2 is 1.50 bits per heavy atom. The summed E-state index contributed by atoms with van der Waals surface area (Å²) in [6.07, 6.45) is 7.13. The van der Waals surface area contributed by atoms with Gasteiger partial charge in [-0.2, -0.15) is 0 Å². The molecule has 0 amide bonds. The summed E-state index contributed by atoms with van der Waals surface area (Å²) in [7, 11) is 2.07. The minimum atomic E-state index is 0. The fraction of sp³-hybridized carbons (Fsp3) is 0.875. The first kappa shape index (κ1) is 23.4. The van der Waals surface area contributed by atoms with Gasteiger partial charge in [-0.25, -0.2) is 0 Å². The first-order valence-corrected chi connectivity index (χ1v) is 3.61. The van der Waals surface area contributed by atoms with Crippen LogP contribution in [0.4, 0.5) is 0 Å². The van der Waals surface area contributed by atoms with Crippen molar-refractivity contribution in [3.05, 3.63) is 7.43 Å². The third-order valence-corrected chi connectivity index (χ3v) is 2.01. The van der Waals surface area contributed by atoms with Gasteiger partial charge in [-0.15, -0.1) is 0 Å². The zero-order chi connectivity index (χ0) is 5.82. The SMILES string of the molecule is CNC1CCCCC1.[CH3-].[Cr+2].[SH-].[W]. The number of rotatable bonds is 1. The second kappa shape index (κ2) is 15.0. The molecule has 1 fully saturated rings. The first-order chi connectivity index (χ1) is 3.93. The van der Waals surface area contributed by atoms with Crippen molar-refractivity contribution in [2.24, 2.45) is 0 Å². The van der Waals surface area contributed by atoms with Gasteiger partial charge in [0, 0.05) is 27.1 Å². The van der Waals surface area contributed by atoms with Gasteiger partial charge in [0.1, 0.15) is 0 Å². The Labute approximate surface area is 109 Å². The Kier molecular flexibility index (Phi) is 29.3. The number of thiol groups is 1. The van der Waals surface area contributed by atoms with E-state index in [-0.39, 0.29) is 59.3 Å². The van der Waals surface area contributed by atoms with Crippen molar-refractivity contribution >= 4 is 13.5 Å². The summed E-state index contributed by atoms with van der Waals surface area (Å²) in [6.45, 7) is 0. The third-order valence-electron chi connectivity index (χ3n) is 2.01. The number of hydrogen-bond acceptors (Lipinski definition) is 2. The largest absolute Gasteiger partial charge is 2.00 e. The van der Waals surface area contributed by atoms with E-state index in [4.69, 9.17) is 0 Å². The Morgan fingerprint density at radius 3 is 1.75 bits per heavy atom. The van der Waals surface area contributed by atoms with Gasteiger partial charge in [0.05, 0.1) is 0 Å². The summed E-state index contributed by atoms with van der Waals surface area (Å²) in [5.74, 6) is 0. The molecule has 0 unspecified atom stereocenters. The average Bonchev–Trinajstić information content (AvgIpc) is 1.90. The molecule has 4 heteroatoms. The predicted molar refractivity (Wildman–Crippen MR) is 51.1 cm³/mol. The van der Waals surface area contributed by atoms with Crippen molar-refractivity contribution in [3.8, 4) is 0 Å². The Balaban J connectivity index is -0.0000000800. The topological polar surface area (TPSA) is 12.0 Å². The molecular weight excluding hydrogens is 378 g/mol. The maximum atomic E-state index is 3.30. The minimum Gasteiger partial charge on any atom is -0.813 e. The van der Waals surface area contributed by atoms with Crippen LogP contribution in [0.25, 0.3) is 0 Å². The van der Waals surface area contributed by atoms with Gasteiger partial charge in [-0.3, -0.25) is 0 Å². The predicted octanol–water partition coefficient (Wildman–Crippen LogP) is 1.71. The summed E-state index contributed by atoms with van der Waals surface area (Å²) in [4.78, 5) is 0. The van der Waals surface area contributed by atoms with E-state index in [2.05, 4.69) is 12.4 Å². The molecule has 0 radical (unpaired) electrons. The van der Waals surface area contributed by atoms with E-state index in [1.807, 2.05) is 0 Å². The quantitative estimate of drug-likeness (QED) is 0.411. The second-order valence-corrected chi connectivity index (χ2v) is 2.62. The Bertz CT molecular complexity index is 70.1. The molecule has 1 saturated carbocycles. The van der Waals surface area contributed by atoms with E-state index in [0.717, 1.165) is 6.04 Å². The molecule has 0 saturated heterocycles. The molecule has 0 spiro atoms. The normalized spacial score (nSPS) is 15.8. The van der Waals surface area contributed by atoms with Crippen LogP contribution in [0.5, 0.6) is 0 Å². The first-order valence-electron chi connectivity index (χ1n) is 3.61. The zero-order valence-electron chi connectivity index (χ0n) is 7.88. The standard InChI is InChI=1S/C7H15N.CH3.Cr.H2S.W/c1-8-7-5-3-2-4-6-7;;;;/h7-8H,2-6H2,1H3;1H3;;1H2;/q;-1;+2;;/p-1. The van der Waals surface area contributed by atoms with Crippen LogP contribution in [-0.2, 0) is 51.9 Å². The molecule has 0 bridgehead atoms. The molecule has 0 aromatic heterocycles. The van der Waals surface area contributed by atoms with Crippen LogP contribution in [0.3, 0.4) is 0 Å². The Morgan fingerprint density at radius 1 is 1.08 bits per heavy atom. The van der Waals surface area contributed by atoms with Gasteiger partial charge < -0.3 is 26.2 Å². The van der Waals surface area contributed by atoms with Crippen LogP contribution in [0.1, 0.15) is 32.1 Å². The van der Waals surface area contributed by atoms with Gasteiger partial charge in [-0.1, -0.05) is 19.3 Å². The van der Waals surface area contributed by atoms with Crippen LogP contribution in [0.15, 0.2) is 0 Å². The maximum absolute atomic E-state index is 3.30. The molecule has 12 heavy (non-hydrogen) atoms. The average molecular weight is 397 g/mol. The van der Waals surface area contributed by atoms with Crippen molar-refractivity contribution in [1.82, 2.24) is 5.32 Å². The van der Waals surface area contributed by atoms with Gasteiger partial charge >= 0.3 is 17.4 Å². The Hall–Kier alpha value is 1.53. The monoisotopic (exact) mass is 397 g/mol. The van der Waals surface area contributed by atoms with E-state index in [1.165, 1.54) is 32.1 Å². The minimum absolute atomic E-state index is 0. The third kappa shape index (κ3) is 9.62. The van der Waals surface area contributed by atoms with Gasteiger partial charge in [0.15, 0.2) is 0 Å². The summed E-state index contributed by atoms with van der Waals surface area (Å²) in [5.41, 5.74) is 0. The summed E-state index contributed by atoms with van der Waals surface area (Å²) in [5, 5.41) is 3.30. The molecule has 1 aliphatic carbocycles. The number of nitrogens with one attached hydrogen (secondary N) is 1. The molecular formula is C8H19CrNSW. The van der Waals surface area contributed by atoms with Crippen molar-refractivity contribution in [2.45, 2.75) is 38.1 Å². The van der Waals surface area contributed by atoms with Gasteiger partial charge in [-0.05, 0) is 19.9 Å². The van der Waals surface area contributed by atoms with Gasteiger partial charge in [0.2, 0.25) is 0 Å². The molecule has 0 aromatic rings. The van der Waals surface area contributed by atoms with E-state index in [9.17, 15) is 0 Å². The van der Waals surface area contributed by atoms with Crippen LogP contribution in [0.2, 0.25) is 0 Å². The molecule has 0 heterocycles.